The van der Waals surface area contributed by atoms with Gasteiger partial charge in [-0.3, -0.25) is 9.59 Å². The monoisotopic (exact) mass is 437 g/mol. The highest BCUT2D eigenvalue weighted by molar-refractivity contribution is 6.31. The fraction of sp³-hybridized carbons (Fsp3) is 0.200. The summed E-state index contributed by atoms with van der Waals surface area (Å²) in [4.78, 5) is 27.5. The molecule has 0 bridgehead atoms. The quantitative estimate of drug-likeness (QED) is 0.549. The number of aryl methyl sites for hydroxylation is 1. The third-order valence-corrected chi connectivity index (χ3v) is 6.07. The zero-order valence-corrected chi connectivity index (χ0v) is 17.7. The van der Waals surface area contributed by atoms with Crippen LogP contribution >= 0.6 is 11.6 Å². The van der Waals surface area contributed by atoms with Crippen molar-refractivity contribution in [2.45, 2.75) is 31.9 Å². The molecule has 158 valence electrons. The Morgan fingerprint density at radius 1 is 1.06 bits per heavy atom. The van der Waals surface area contributed by atoms with Gasteiger partial charge in [-0.05, 0) is 30.2 Å². The van der Waals surface area contributed by atoms with Gasteiger partial charge in [0.15, 0.2) is 11.4 Å². The Hall–Kier alpha value is -3.02. The van der Waals surface area contributed by atoms with Crippen molar-refractivity contribution < 1.29 is 19.1 Å². The van der Waals surface area contributed by atoms with Crippen LogP contribution in [0, 0.1) is 5.82 Å². The van der Waals surface area contributed by atoms with Gasteiger partial charge in [0.05, 0.1) is 18.7 Å². The molecule has 0 radical (unpaired) electrons. The smallest absolute Gasteiger partial charge is 0.264 e. The van der Waals surface area contributed by atoms with Crippen LogP contribution in [0.1, 0.15) is 40.4 Å². The van der Waals surface area contributed by atoms with Gasteiger partial charge in [0, 0.05) is 21.7 Å². The molecule has 4 rings (SSSR count). The molecular formula is C25H21ClFNO3. The number of halogens is 2. The number of amides is 1. The molecule has 31 heavy (non-hydrogen) atoms. The lowest BCUT2D eigenvalue weighted by Gasteiger charge is -2.23. The summed E-state index contributed by atoms with van der Waals surface area (Å²) < 4.78 is 14.4. The molecule has 1 heterocycles. The number of hydrogen-bond donors (Lipinski definition) is 1. The summed E-state index contributed by atoms with van der Waals surface area (Å²) in [5.41, 5.74) is 0.388. The summed E-state index contributed by atoms with van der Waals surface area (Å²) in [5, 5.41) is 11.6. The van der Waals surface area contributed by atoms with Crippen molar-refractivity contribution in [2.75, 3.05) is 4.90 Å². The fourth-order valence-electron chi connectivity index (χ4n) is 3.94. The van der Waals surface area contributed by atoms with Gasteiger partial charge >= 0.3 is 0 Å². The van der Waals surface area contributed by atoms with Gasteiger partial charge in [-0.15, -0.1) is 0 Å². The average molecular weight is 438 g/mol. The molecule has 3 aromatic rings. The minimum atomic E-state index is -2.03. The highest BCUT2D eigenvalue weighted by Gasteiger charge is 2.51. The first-order valence-corrected chi connectivity index (χ1v) is 10.4. The van der Waals surface area contributed by atoms with Gasteiger partial charge in [0.25, 0.3) is 5.91 Å². The van der Waals surface area contributed by atoms with Crippen molar-refractivity contribution >= 4 is 29.0 Å². The van der Waals surface area contributed by atoms with E-state index in [0.29, 0.717) is 16.8 Å². The summed E-state index contributed by atoms with van der Waals surface area (Å²) in [6, 6.07) is 18.1. The third kappa shape index (κ3) is 3.75. The van der Waals surface area contributed by atoms with Crippen molar-refractivity contribution in [3.05, 3.63) is 99.8 Å². The SMILES string of the molecule is CCc1ccc(C(=O)CC2(O)C(=O)N(Cc3c(F)cccc3Cl)c3ccccc32)cc1. The first-order chi connectivity index (χ1) is 14.8. The summed E-state index contributed by atoms with van der Waals surface area (Å²) in [6.45, 7) is 1.87. The molecule has 0 spiro atoms. The predicted molar refractivity (Wildman–Crippen MR) is 118 cm³/mol. The molecule has 1 aliphatic heterocycles. The molecule has 1 unspecified atom stereocenters. The number of ketones is 1. The minimum Gasteiger partial charge on any atom is -0.375 e. The van der Waals surface area contributed by atoms with Crippen LogP contribution in [-0.4, -0.2) is 16.8 Å². The highest BCUT2D eigenvalue weighted by Crippen LogP contribution is 2.44. The van der Waals surface area contributed by atoms with Crippen LogP contribution in [0.25, 0.3) is 0 Å². The van der Waals surface area contributed by atoms with E-state index in [9.17, 15) is 19.1 Å². The second-order valence-corrected chi connectivity index (χ2v) is 8.03. The van der Waals surface area contributed by atoms with Gasteiger partial charge in [0.1, 0.15) is 5.82 Å². The van der Waals surface area contributed by atoms with E-state index in [4.69, 9.17) is 11.6 Å². The molecule has 3 aromatic carbocycles. The molecule has 6 heteroatoms. The first kappa shape index (κ1) is 21.2. The van der Waals surface area contributed by atoms with Crippen LogP contribution in [-0.2, 0) is 23.4 Å². The lowest BCUT2D eigenvalue weighted by Crippen LogP contribution is -2.41. The number of hydrogen-bond acceptors (Lipinski definition) is 3. The van der Waals surface area contributed by atoms with Crippen molar-refractivity contribution in [3.63, 3.8) is 0 Å². The maximum absolute atomic E-state index is 14.4. The topological polar surface area (TPSA) is 57.6 Å². The number of para-hydroxylation sites is 1. The molecule has 0 fully saturated rings. The molecule has 0 aromatic heterocycles. The third-order valence-electron chi connectivity index (χ3n) is 5.72. The minimum absolute atomic E-state index is 0.150. The van der Waals surface area contributed by atoms with E-state index in [1.807, 2.05) is 19.1 Å². The Kier molecular flexibility index (Phi) is 5.65. The summed E-state index contributed by atoms with van der Waals surface area (Å²) in [6.07, 6.45) is 0.438. The summed E-state index contributed by atoms with van der Waals surface area (Å²) >= 11 is 6.15. The Morgan fingerprint density at radius 2 is 1.77 bits per heavy atom. The van der Waals surface area contributed by atoms with Gasteiger partial charge in [0.2, 0.25) is 0 Å². The van der Waals surface area contributed by atoms with Gasteiger partial charge < -0.3 is 10.0 Å². The van der Waals surface area contributed by atoms with E-state index in [0.717, 1.165) is 12.0 Å². The normalized spacial score (nSPS) is 17.7. The molecule has 1 amide bonds. The van der Waals surface area contributed by atoms with Gasteiger partial charge in [-0.25, -0.2) is 4.39 Å². The Labute approximate surface area is 184 Å². The second kappa shape index (κ2) is 8.25. The summed E-state index contributed by atoms with van der Waals surface area (Å²) in [5.74, 6) is -1.56. The summed E-state index contributed by atoms with van der Waals surface area (Å²) in [7, 11) is 0. The number of carbonyl (C=O) groups excluding carboxylic acids is 2. The second-order valence-electron chi connectivity index (χ2n) is 7.62. The van der Waals surface area contributed by atoms with Gasteiger partial charge in [-0.2, -0.15) is 0 Å². The van der Waals surface area contributed by atoms with E-state index < -0.39 is 23.7 Å². The predicted octanol–water partition coefficient (Wildman–Crippen LogP) is 5.05. The molecule has 1 aliphatic rings. The Bertz CT molecular complexity index is 1140. The number of fused-ring (bicyclic) bond motifs is 1. The molecule has 0 saturated heterocycles. The van der Waals surface area contributed by atoms with Crippen LogP contribution in [0.15, 0.2) is 66.7 Å². The van der Waals surface area contributed by atoms with E-state index in [1.54, 1.807) is 42.5 Å². The number of carbonyl (C=O) groups is 2. The molecule has 4 nitrogen and oxygen atoms in total. The Balaban J connectivity index is 1.68. The van der Waals surface area contributed by atoms with Crippen LogP contribution in [0.5, 0.6) is 0 Å². The van der Waals surface area contributed by atoms with E-state index in [1.165, 1.54) is 17.0 Å². The molecule has 1 atom stereocenters. The number of anilines is 1. The van der Waals surface area contributed by atoms with Crippen molar-refractivity contribution in [1.82, 2.24) is 0 Å². The first-order valence-electron chi connectivity index (χ1n) is 10.0. The molecule has 0 aliphatic carbocycles. The maximum Gasteiger partial charge on any atom is 0.264 e. The van der Waals surface area contributed by atoms with Crippen molar-refractivity contribution in [2.24, 2.45) is 0 Å². The van der Waals surface area contributed by atoms with Crippen LogP contribution in [0.2, 0.25) is 5.02 Å². The maximum atomic E-state index is 14.4. The average Bonchev–Trinajstić information content (AvgIpc) is 2.98. The number of rotatable bonds is 6. The van der Waals surface area contributed by atoms with Crippen LogP contribution < -0.4 is 4.90 Å². The number of nitrogens with zero attached hydrogens (tertiary/aromatic N) is 1. The van der Waals surface area contributed by atoms with Crippen molar-refractivity contribution in [3.8, 4) is 0 Å². The van der Waals surface area contributed by atoms with Crippen LogP contribution in [0.4, 0.5) is 10.1 Å². The number of Topliss-reactive ketones (excluding diaryl/α,β-unsaturated/α-hetero) is 1. The standard InChI is InChI=1S/C25H21ClFNO3/c1-2-16-10-12-17(13-11-16)23(29)14-25(31)19-6-3-4-9-22(19)28(24(25)30)15-18-20(26)7-5-8-21(18)27/h3-13,31H,2,14-15H2,1H3. The van der Waals surface area contributed by atoms with E-state index >= 15 is 0 Å². The number of benzene rings is 3. The molecular weight excluding hydrogens is 417 g/mol. The van der Waals surface area contributed by atoms with E-state index in [2.05, 4.69) is 0 Å². The molecule has 1 N–H and O–H groups in total. The molecule has 0 saturated carbocycles. The largest absolute Gasteiger partial charge is 0.375 e. The lowest BCUT2D eigenvalue weighted by atomic mass is 9.88. The zero-order chi connectivity index (χ0) is 22.2. The fourth-order valence-corrected chi connectivity index (χ4v) is 4.16. The highest BCUT2D eigenvalue weighted by atomic mass is 35.5. The number of aliphatic hydroxyl groups is 1. The van der Waals surface area contributed by atoms with Crippen LogP contribution in [0.3, 0.4) is 0 Å². The van der Waals surface area contributed by atoms with Gasteiger partial charge in [-0.1, -0.05) is 67.1 Å². The zero-order valence-electron chi connectivity index (χ0n) is 16.9. The van der Waals surface area contributed by atoms with E-state index in [-0.39, 0.29) is 22.9 Å². The Morgan fingerprint density at radius 3 is 2.45 bits per heavy atom. The van der Waals surface area contributed by atoms with Crippen molar-refractivity contribution in [1.29, 1.82) is 0 Å². The lowest BCUT2D eigenvalue weighted by molar-refractivity contribution is -0.136.